The topological polar surface area (TPSA) is 54.7 Å². The Morgan fingerprint density at radius 2 is 2.40 bits per heavy atom. The largest absolute Gasteiger partial charge is 0.320 e. The summed E-state index contributed by atoms with van der Waals surface area (Å²) in [6.45, 7) is 0. The Morgan fingerprint density at radius 1 is 1.70 bits per heavy atom. The molecule has 1 aromatic heterocycles. The summed E-state index contributed by atoms with van der Waals surface area (Å²) >= 11 is 3.25. The normalized spacial score (nSPS) is 21.0. The van der Waals surface area contributed by atoms with Gasteiger partial charge in [-0.1, -0.05) is 0 Å². The van der Waals surface area contributed by atoms with Crippen LogP contribution in [-0.4, -0.2) is 10.2 Å². The number of rotatable bonds is 1. The van der Waals surface area contributed by atoms with E-state index in [1.807, 2.05) is 6.07 Å². The molecule has 0 radical (unpaired) electrons. The maximum atomic E-state index is 5.89. The molecule has 0 bridgehead atoms. The van der Waals surface area contributed by atoms with Gasteiger partial charge in [0.05, 0.1) is 11.2 Å². The summed E-state index contributed by atoms with van der Waals surface area (Å²) in [5, 5.41) is 6.82. The molecule has 1 aliphatic carbocycles. The summed E-state index contributed by atoms with van der Waals surface area (Å²) in [7, 11) is 0. The maximum absolute atomic E-state index is 5.89. The Hall–Kier alpha value is -0.350. The van der Waals surface area contributed by atoms with Crippen molar-refractivity contribution in [1.82, 2.24) is 10.2 Å². The molecule has 0 amide bonds. The van der Waals surface area contributed by atoms with Crippen LogP contribution in [0.25, 0.3) is 0 Å². The molecular formula is C6H8BrN3. The van der Waals surface area contributed by atoms with Crippen molar-refractivity contribution >= 4 is 15.9 Å². The summed E-state index contributed by atoms with van der Waals surface area (Å²) in [6.07, 6.45) is 2.14. The number of aromatic nitrogens is 2. The van der Waals surface area contributed by atoms with E-state index >= 15 is 0 Å². The Kier molecular flexibility index (Phi) is 1.16. The molecule has 10 heavy (non-hydrogen) atoms. The molecule has 0 aromatic carbocycles. The Balaban J connectivity index is 2.34. The van der Waals surface area contributed by atoms with E-state index in [0.717, 1.165) is 23.1 Å². The summed E-state index contributed by atoms with van der Waals surface area (Å²) in [4.78, 5) is 0. The first kappa shape index (κ1) is 6.37. The monoisotopic (exact) mass is 201 g/mol. The molecule has 3 nitrogen and oxygen atoms in total. The summed E-state index contributed by atoms with van der Waals surface area (Å²) in [5.74, 6) is 0. The van der Waals surface area contributed by atoms with Gasteiger partial charge in [0.25, 0.3) is 0 Å². The van der Waals surface area contributed by atoms with Crippen molar-refractivity contribution in [3.05, 3.63) is 16.4 Å². The van der Waals surface area contributed by atoms with Crippen LogP contribution in [0.4, 0.5) is 0 Å². The lowest BCUT2D eigenvalue weighted by Gasteiger charge is -2.01. The van der Waals surface area contributed by atoms with Crippen LogP contribution >= 0.6 is 15.9 Å². The quantitative estimate of drug-likeness (QED) is 0.716. The highest BCUT2D eigenvalue weighted by Gasteiger charge is 2.41. The van der Waals surface area contributed by atoms with Crippen molar-refractivity contribution in [3.8, 4) is 0 Å². The lowest BCUT2D eigenvalue weighted by Crippen LogP contribution is -2.18. The molecule has 1 aromatic rings. The van der Waals surface area contributed by atoms with E-state index in [1.54, 1.807) is 0 Å². The van der Waals surface area contributed by atoms with Gasteiger partial charge < -0.3 is 5.73 Å². The van der Waals surface area contributed by atoms with Gasteiger partial charge in [-0.05, 0) is 34.8 Å². The number of nitrogens with one attached hydrogen (secondary N) is 1. The molecule has 0 unspecified atom stereocenters. The third-order valence-corrected chi connectivity index (χ3v) is 2.28. The number of aromatic amines is 1. The number of H-pyrrole nitrogens is 1. The van der Waals surface area contributed by atoms with Gasteiger partial charge in [-0.25, -0.2) is 0 Å². The number of hydrogen-bond acceptors (Lipinski definition) is 2. The Morgan fingerprint density at radius 3 is 2.80 bits per heavy atom. The van der Waals surface area contributed by atoms with E-state index in [4.69, 9.17) is 5.73 Å². The van der Waals surface area contributed by atoms with Crippen LogP contribution in [0.5, 0.6) is 0 Å². The number of nitrogens with zero attached hydrogens (tertiary/aromatic N) is 1. The summed E-state index contributed by atoms with van der Waals surface area (Å²) in [5.41, 5.74) is 6.85. The second-order valence-corrected chi connectivity index (χ2v) is 3.57. The van der Waals surface area contributed by atoms with E-state index in [9.17, 15) is 0 Å². The van der Waals surface area contributed by atoms with Crippen LogP contribution in [0.1, 0.15) is 18.5 Å². The molecule has 0 spiro atoms. The lowest BCUT2D eigenvalue weighted by atomic mass is 10.2. The minimum absolute atomic E-state index is 0.0843. The average Bonchev–Trinajstić information content (AvgIpc) is 2.45. The van der Waals surface area contributed by atoms with Crippen molar-refractivity contribution in [3.63, 3.8) is 0 Å². The molecular weight excluding hydrogens is 194 g/mol. The van der Waals surface area contributed by atoms with Crippen LogP contribution in [0.3, 0.4) is 0 Å². The average molecular weight is 202 g/mol. The van der Waals surface area contributed by atoms with E-state index in [2.05, 4.69) is 26.1 Å². The molecule has 54 valence electrons. The highest BCUT2D eigenvalue weighted by molar-refractivity contribution is 9.10. The van der Waals surface area contributed by atoms with Gasteiger partial charge in [0.1, 0.15) is 4.60 Å². The predicted octanol–water partition coefficient (Wildman–Crippen LogP) is 1.12. The standard InChI is InChI=1S/C6H8BrN3/c7-5-3-4(9-10-5)6(8)1-2-6/h3H,1-2,8H2,(H,9,10). The molecule has 4 heteroatoms. The van der Waals surface area contributed by atoms with Crippen LogP contribution in [0.15, 0.2) is 10.7 Å². The Bertz CT molecular complexity index is 251. The zero-order valence-electron chi connectivity index (χ0n) is 5.39. The zero-order chi connectivity index (χ0) is 7.19. The van der Waals surface area contributed by atoms with Gasteiger partial charge in [0.2, 0.25) is 0 Å². The molecule has 1 heterocycles. The van der Waals surface area contributed by atoms with Gasteiger partial charge in [-0.3, -0.25) is 5.10 Å². The Labute approximate surface area is 67.1 Å². The molecule has 0 saturated heterocycles. The smallest absolute Gasteiger partial charge is 0.128 e. The first-order chi connectivity index (χ1) is 4.71. The fourth-order valence-corrected chi connectivity index (χ4v) is 1.27. The number of nitrogens with two attached hydrogens (primary N) is 1. The van der Waals surface area contributed by atoms with Gasteiger partial charge in [-0.2, -0.15) is 5.10 Å². The molecule has 1 aliphatic rings. The van der Waals surface area contributed by atoms with Crippen LogP contribution < -0.4 is 5.73 Å². The van der Waals surface area contributed by atoms with Crippen molar-refractivity contribution in [2.75, 3.05) is 0 Å². The fraction of sp³-hybridized carbons (Fsp3) is 0.500. The first-order valence-electron chi connectivity index (χ1n) is 3.21. The third kappa shape index (κ3) is 0.876. The number of halogens is 1. The van der Waals surface area contributed by atoms with Gasteiger partial charge >= 0.3 is 0 Å². The van der Waals surface area contributed by atoms with E-state index in [-0.39, 0.29) is 5.54 Å². The fourth-order valence-electron chi connectivity index (χ4n) is 0.956. The van der Waals surface area contributed by atoms with Crippen molar-refractivity contribution < 1.29 is 0 Å². The van der Waals surface area contributed by atoms with E-state index < -0.39 is 0 Å². The van der Waals surface area contributed by atoms with Gasteiger partial charge in [0.15, 0.2) is 0 Å². The molecule has 1 fully saturated rings. The van der Waals surface area contributed by atoms with Crippen LogP contribution in [0.2, 0.25) is 0 Å². The molecule has 3 N–H and O–H groups in total. The van der Waals surface area contributed by atoms with Crippen molar-refractivity contribution in [2.24, 2.45) is 5.73 Å². The molecule has 0 atom stereocenters. The van der Waals surface area contributed by atoms with Crippen molar-refractivity contribution in [2.45, 2.75) is 18.4 Å². The molecule has 1 saturated carbocycles. The van der Waals surface area contributed by atoms with Crippen LogP contribution in [0, 0.1) is 0 Å². The predicted molar refractivity (Wildman–Crippen MR) is 41.4 cm³/mol. The van der Waals surface area contributed by atoms with Gasteiger partial charge in [0, 0.05) is 0 Å². The van der Waals surface area contributed by atoms with E-state index in [0.29, 0.717) is 0 Å². The minimum atomic E-state index is -0.0843. The molecule has 0 aliphatic heterocycles. The zero-order valence-corrected chi connectivity index (χ0v) is 6.98. The maximum Gasteiger partial charge on any atom is 0.128 e. The third-order valence-electron chi connectivity index (χ3n) is 1.87. The second-order valence-electron chi connectivity index (χ2n) is 2.76. The van der Waals surface area contributed by atoms with Gasteiger partial charge in [-0.15, -0.1) is 0 Å². The first-order valence-corrected chi connectivity index (χ1v) is 4.00. The number of hydrogen-bond donors (Lipinski definition) is 2. The second kappa shape index (κ2) is 1.83. The highest BCUT2D eigenvalue weighted by atomic mass is 79.9. The summed E-state index contributed by atoms with van der Waals surface area (Å²) in [6, 6.07) is 1.94. The highest BCUT2D eigenvalue weighted by Crippen LogP contribution is 2.41. The van der Waals surface area contributed by atoms with Crippen LogP contribution in [-0.2, 0) is 5.54 Å². The van der Waals surface area contributed by atoms with Crippen molar-refractivity contribution in [1.29, 1.82) is 0 Å². The molecule has 2 rings (SSSR count). The SMILES string of the molecule is NC1(c2cc(Br)n[nH]2)CC1. The minimum Gasteiger partial charge on any atom is -0.320 e. The summed E-state index contributed by atoms with van der Waals surface area (Å²) < 4.78 is 0.833. The lowest BCUT2D eigenvalue weighted by molar-refractivity contribution is 0.702. The van der Waals surface area contributed by atoms with E-state index in [1.165, 1.54) is 0 Å².